The predicted octanol–water partition coefficient (Wildman–Crippen LogP) is 1.63. The minimum atomic E-state index is 0.463. The molecule has 1 aliphatic rings. The number of benzene rings is 1. The third-order valence-electron chi connectivity index (χ3n) is 3.37. The van der Waals surface area contributed by atoms with Crippen molar-refractivity contribution in [2.75, 3.05) is 26.0 Å². The largest absolute Gasteiger partial charge is 0.439 e. The summed E-state index contributed by atoms with van der Waals surface area (Å²) >= 11 is 0. The molecule has 1 atom stereocenters. The van der Waals surface area contributed by atoms with Crippen LogP contribution in [0.25, 0.3) is 11.1 Å². The van der Waals surface area contributed by atoms with Gasteiger partial charge in [0, 0.05) is 18.3 Å². The molecule has 0 amide bonds. The molecule has 96 valence electrons. The fourth-order valence-corrected chi connectivity index (χ4v) is 2.27. The van der Waals surface area contributed by atoms with Gasteiger partial charge in [0.15, 0.2) is 5.58 Å². The molecule has 5 nitrogen and oxygen atoms in total. The molecule has 1 aromatic heterocycles. The zero-order chi connectivity index (χ0) is 12.5. The number of nitrogens with two attached hydrogens (primary N) is 1. The lowest BCUT2D eigenvalue weighted by Crippen LogP contribution is -2.31. The first-order valence-electron chi connectivity index (χ1n) is 6.15. The first-order valence-corrected chi connectivity index (χ1v) is 6.15. The monoisotopic (exact) mass is 247 g/mol. The molecule has 0 spiro atoms. The van der Waals surface area contributed by atoms with Crippen LogP contribution in [0.1, 0.15) is 12.3 Å². The third kappa shape index (κ3) is 2.19. The van der Waals surface area contributed by atoms with E-state index in [1.807, 2.05) is 18.2 Å². The molecule has 2 heterocycles. The molecule has 1 aromatic carbocycles. The second-order valence-corrected chi connectivity index (χ2v) is 4.77. The molecule has 0 saturated carbocycles. The number of nitrogen functional groups attached to an aromatic ring is 1. The lowest BCUT2D eigenvalue weighted by Gasteiger charge is -2.20. The summed E-state index contributed by atoms with van der Waals surface area (Å²) in [6, 6.07) is 5.98. The Morgan fingerprint density at radius 3 is 3.17 bits per heavy atom. The molecule has 1 unspecified atom stereocenters. The minimum Gasteiger partial charge on any atom is -0.439 e. The topological polar surface area (TPSA) is 64.5 Å². The number of oxazole rings is 1. The van der Waals surface area contributed by atoms with Crippen LogP contribution in [-0.2, 0) is 11.3 Å². The highest BCUT2D eigenvalue weighted by molar-refractivity contribution is 5.76. The van der Waals surface area contributed by atoms with Gasteiger partial charge in [-0.15, -0.1) is 0 Å². The van der Waals surface area contributed by atoms with E-state index in [-0.39, 0.29) is 0 Å². The van der Waals surface area contributed by atoms with Gasteiger partial charge in [0.1, 0.15) is 5.52 Å². The molecule has 1 aliphatic heterocycles. The maximum absolute atomic E-state index is 5.73. The number of rotatable bonds is 3. The molecular formula is C13H17N3O2. The van der Waals surface area contributed by atoms with Crippen molar-refractivity contribution in [3.63, 3.8) is 0 Å². The lowest BCUT2D eigenvalue weighted by molar-refractivity contribution is 0.151. The molecule has 0 radical (unpaired) electrons. The van der Waals surface area contributed by atoms with E-state index in [0.717, 1.165) is 36.6 Å². The zero-order valence-electron chi connectivity index (χ0n) is 10.4. The quantitative estimate of drug-likeness (QED) is 0.835. The van der Waals surface area contributed by atoms with Crippen LogP contribution in [0.3, 0.4) is 0 Å². The van der Waals surface area contributed by atoms with Crippen molar-refractivity contribution in [1.82, 2.24) is 9.88 Å². The van der Waals surface area contributed by atoms with Crippen molar-refractivity contribution in [3.05, 3.63) is 24.1 Å². The molecule has 0 bridgehead atoms. The Hall–Kier alpha value is -1.59. The van der Waals surface area contributed by atoms with Crippen molar-refractivity contribution in [3.8, 4) is 0 Å². The summed E-state index contributed by atoms with van der Waals surface area (Å²) in [5.74, 6) is 0.727. The van der Waals surface area contributed by atoms with E-state index in [1.165, 1.54) is 0 Å². The van der Waals surface area contributed by atoms with Crippen LogP contribution in [0.4, 0.5) is 5.69 Å². The van der Waals surface area contributed by atoms with Crippen LogP contribution >= 0.6 is 0 Å². The summed E-state index contributed by atoms with van der Waals surface area (Å²) in [6.07, 6.45) is 1.07. The number of aromatic nitrogens is 1. The van der Waals surface area contributed by atoms with Gasteiger partial charge in [-0.2, -0.15) is 0 Å². The van der Waals surface area contributed by atoms with Crippen molar-refractivity contribution in [2.24, 2.45) is 0 Å². The Morgan fingerprint density at radius 2 is 2.39 bits per heavy atom. The van der Waals surface area contributed by atoms with Gasteiger partial charge in [-0.05, 0) is 31.7 Å². The smallest absolute Gasteiger partial charge is 0.209 e. The van der Waals surface area contributed by atoms with Crippen LogP contribution in [-0.4, -0.2) is 36.2 Å². The first-order chi connectivity index (χ1) is 8.72. The van der Waals surface area contributed by atoms with Crippen molar-refractivity contribution in [2.45, 2.75) is 19.0 Å². The normalized spacial score (nSPS) is 20.0. The highest BCUT2D eigenvalue weighted by Crippen LogP contribution is 2.20. The standard InChI is InChI=1S/C13H17N3O2/c1-16(10-4-5-17-8-10)7-13-15-11-6-9(14)2-3-12(11)18-13/h2-3,6,10H,4-5,7-8,14H2,1H3. The summed E-state index contributed by atoms with van der Waals surface area (Å²) in [6.45, 7) is 2.34. The predicted molar refractivity (Wildman–Crippen MR) is 69.1 cm³/mol. The van der Waals surface area contributed by atoms with E-state index in [2.05, 4.69) is 16.9 Å². The molecule has 2 aromatic rings. The van der Waals surface area contributed by atoms with Gasteiger partial charge in [0.2, 0.25) is 5.89 Å². The molecular weight excluding hydrogens is 230 g/mol. The Bertz CT molecular complexity index is 546. The highest BCUT2D eigenvalue weighted by Gasteiger charge is 2.21. The Labute approximate surface area is 106 Å². The Balaban J connectivity index is 1.77. The van der Waals surface area contributed by atoms with Crippen molar-refractivity contribution >= 4 is 16.8 Å². The Morgan fingerprint density at radius 1 is 1.50 bits per heavy atom. The summed E-state index contributed by atoms with van der Waals surface area (Å²) in [7, 11) is 2.07. The number of hydrogen-bond donors (Lipinski definition) is 1. The SMILES string of the molecule is CN(Cc1nc2cc(N)ccc2o1)C1CCOC1. The van der Waals surface area contributed by atoms with E-state index < -0.39 is 0 Å². The third-order valence-corrected chi connectivity index (χ3v) is 3.37. The minimum absolute atomic E-state index is 0.463. The van der Waals surface area contributed by atoms with Gasteiger partial charge in [-0.1, -0.05) is 0 Å². The maximum atomic E-state index is 5.73. The fraction of sp³-hybridized carbons (Fsp3) is 0.462. The molecule has 5 heteroatoms. The van der Waals surface area contributed by atoms with Gasteiger partial charge >= 0.3 is 0 Å². The summed E-state index contributed by atoms with van der Waals surface area (Å²) in [5, 5.41) is 0. The zero-order valence-corrected chi connectivity index (χ0v) is 10.4. The number of fused-ring (bicyclic) bond motifs is 1. The van der Waals surface area contributed by atoms with E-state index in [9.17, 15) is 0 Å². The molecule has 3 rings (SSSR count). The number of ether oxygens (including phenoxy) is 1. The average molecular weight is 247 g/mol. The van der Waals surface area contributed by atoms with E-state index in [0.29, 0.717) is 18.3 Å². The second-order valence-electron chi connectivity index (χ2n) is 4.77. The van der Waals surface area contributed by atoms with E-state index in [4.69, 9.17) is 14.9 Å². The lowest BCUT2D eigenvalue weighted by atomic mass is 10.2. The summed E-state index contributed by atoms with van der Waals surface area (Å²) in [5.41, 5.74) is 8.04. The van der Waals surface area contributed by atoms with Gasteiger partial charge in [0.25, 0.3) is 0 Å². The van der Waals surface area contributed by atoms with Crippen LogP contribution in [0, 0.1) is 0 Å². The first kappa shape index (κ1) is 11.5. The molecule has 2 N–H and O–H groups in total. The highest BCUT2D eigenvalue weighted by atomic mass is 16.5. The molecule has 0 aliphatic carbocycles. The van der Waals surface area contributed by atoms with Crippen molar-refractivity contribution in [1.29, 1.82) is 0 Å². The van der Waals surface area contributed by atoms with Crippen LogP contribution < -0.4 is 5.73 Å². The molecule has 1 fully saturated rings. The number of anilines is 1. The van der Waals surface area contributed by atoms with Crippen LogP contribution in [0.2, 0.25) is 0 Å². The van der Waals surface area contributed by atoms with E-state index >= 15 is 0 Å². The second kappa shape index (κ2) is 4.59. The fourth-order valence-electron chi connectivity index (χ4n) is 2.27. The molecule has 18 heavy (non-hydrogen) atoms. The van der Waals surface area contributed by atoms with E-state index in [1.54, 1.807) is 0 Å². The van der Waals surface area contributed by atoms with Gasteiger partial charge in [-0.3, -0.25) is 4.90 Å². The number of likely N-dealkylation sites (N-methyl/N-ethyl adjacent to an activating group) is 1. The number of hydrogen-bond acceptors (Lipinski definition) is 5. The van der Waals surface area contributed by atoms with Crippen LogP contribution in [0.15, 0.2) is 22.6 Å². The summed E-state index contributed by atoms with van der Waals surface area (Å²) < 4.78 is 11.1. The van der Waals surface area contributed by atoms with Crippen molar-refractivity contribution < 1.29 is 9.15 Å². The van der Waals surface area contributed by atoms with Gasteiger partial charge in [-0.25, -0.2) is 4.98 Å². The average Bonchev–Trinajstić information content (AvgIpc) is 2.95. The Kier molecular flexibility index (Phi) is 2.93. The van der Waals surface area contributed by atoms with Crippen LogP contribution in [0.5, 0.6) is 0 Å². The van der Waals surface area contributed by atoms with Gasteiger partial charge in [0.05, 0.1) is 13.2 Å². The number of nitrogens with zero attached hydrogens (tertiary/aromatic N) is 2. The van der Waals surface area contributed by atoms with Gasteiger partial charge < -0.3 is 14.9 Å². The summed E-state index contributed by atoms with van der Waals surface area (Å²) in [4.78, 5) is 6.68. The molecule has 1 saturated heterocycles. The maximum Gasteiger partial charge on any atom is 0.209 e.